The van der Waals surface area contributed by atoms with Crippen LogP contribution >= 0.6 is 0 Å². The van der Waals surface area contributed by atoms with Gasteiger partial charge in [0.1, 0.15) is 6.04 Å². The van der Waals surface area contributed by atoms with Crippen LogP contribution < -0.4 is 0 Å². The van der Waals surface area contributed by atoms with Crippen molar-refractivity contribution in [2.24, 2.45) is 0 Å². The minimum Gasteiger partial charge on any atom is -0.342 e. The van der Waals surface area contributed by atoms with E-state index in [4.69, 9.17) is 0 Å². The Bertz CT molecular complexity index is 640. The average molecular weight is 401 g/mol. The summed E-state index contributed by atoms with van der Waals surface area (Å²) in [5.41, 5.74) is 0. The van der Waals surface area contributed by atoms with E-state index >= 15 is 0 Å². The van der Waals surface area contributed by atoms with Crippen molar-refractivity contribution in [3.05, 3.63) is 0 Å². The van der Waals surface area contributed by atoms with Gasteiger partial charge in [-0.1, -0.05) is 6.42 Å². The molecule has 0 aliphatic carbocycles. The monoisotopic (exact) mass is 400 g/mol. The Kier molecular flexibility index (Phi) is 6.75. The van der Waals surface area contributed by atoms with Crippen LogP contribution in [0.4, 0.5) is 0 Å². The molecule has 3 aliphatic heterocycles. The summed E-state index contributed by atoms with van der Waals surface area (Å²) in [6.07, 6.45) is 6.85. The molecule has 0 bridgehead atoms. The summed E-state index contributed by atoms with van der Waals surface area (Å²) in [6, 6.07) is -0.560. The van der Waals surface area contributed by atoms with Gasteiger partial charge in [-0.15, -0.1) is 0 Å². The SMILES string of the molecule is CS(=O)(=O)N1CCCCC1C(=O)N1CCN(CC(=O)N2CCCCC2)CC1. The Balaban J connectivity index is 1.50. The number of sulfonamides is 1. The first kappa shape index (κ1) is 20.5. The lowest BCUT2D eigenvalue weighted by Crippen LogP contribution is -2.57. The molecule has 3 heterocycles. The van der Waals surface area contributed by atoms with Gasteiger partial charge in [0.05, 0.1) is 12.8 Å². The van der Waals surface area contributed by atoms with Crippen molar-refractivity contribution in [2.75, 3.05) is 58.6 Å². The van der Waals surface area contributed by atoms with Crippen LogP contribution in [-0.4, -0.2) is 104 Å². The molecule has 1 unspecified atom stereocenters. The second-order valence-corrected chi connectivity index (χ2v) is 9.86. The molecule has 0 N–H and O–H groups in total. The van der Waals surface area contributed by atoms with Gasteiger partial charge in [0, 0.05) is 45.8 Å². The van der Waals surface area contributed by atoms with E-state index in [1.807, 2.05) is 4.90 Å². The predicted molar refractivity (Wildman–Crippen MR) is 103 cm³/mol. The van der Waals surface area contributed by atoms with Crippen LogP contribution in [0.15, 0.2) is 0 Å². The average Bonchev–Trinajstić information content (AvgIpc) is 2.68. The topological polar surface area (TPSA) is 81.2 Å². The summed E-state index contributed by atoms with van der Waals surface area (Å²) in [7, 11) is -3.37. The molecule has 0 radical (unpaired) electrons. The van der Waals surface area contributed by atoms with Crippen molar-refractivity contribution in [3.63, 3.8) is 0 Å². The molecule has 1 atom stereocenters. The van der Waals surface area contributed by atoms with Gasteiger partial charge >= 0.3 is 0 Å². The third kappa shape index (κ3) is 5.20. The quantitative estimate of drug-likeness (QED) is 0.661. The number of likely N-dealkylation sites (tertiary alicyclic amines) is 1. The molecule has 0 spiro atoms. The molecule has 27 heavy (non-hydrogen) atoms. The number of amides is 2. The van der Waals surface area contributed by atoms with Crippen LogP contribution in [0.3, 0.4) is 0 Å². The van der Waals surface area contributed by atoms with Gasteiger partial charge in [-0.25, -0.2) is 8.42 Å². The molecule has 3 aliphatic rings. The maximum absolute atomic E-state index is 12.9. The first-order valence-electron chi connectivity index (χ1n) is 10.1. The number of carbonyl (C=O) groups is 2. The fraction of sp³-hybridized carbons (Fsp3) is 0.889. The molecule has 3 fully saturated rings. The molecule has 0 aromatic heterocycles. The minimum absolute atomic E-state index is 0.0814. The van der Waals surface area contributed by atoms with Crippen molar-refractivity contribution < 1.29 is 18.0 Å². The number of rotatable bonds is 4. The molecular weight excluding hydrogens is 368 g/mol. The fourth-order valence-corrected chi connectivity index (χ4v) is 5.44. The number of hydrogen-bond acceptors (Lipinski definition) is 5. The zero-order valence-electron chi connectivity index (χ0n) is 16.3. The molecular formula is C18H32N4O4S. The molecule has 2 amide bonds. The number of nitrogens with zero attached hydrogens (tertiary/aromatic N) is 4. The first-order chi connectivity index (χ1) is 12.9. The van der Waals surface area contributed by atoms with E-state index in [1.54, 1.807) is 4.90 Å². The van der Waals surface area contributed by atoms with E-state index in [2.05, 4.69) is 4.90 Å². The van der Waals surface area contributed by atoms with Crippen molar-refractivity contribution >= 4 is 21.8 Å². The lowest BCUT2D eigenvalue weighted by atomic mass is 10.0. The zero-order valence-corrected chi connectivity index (χ0v) is 17.1. The summed E-state index contributed by atoms with van der Waals surface area (Å²) in [5, 5.41) is 0. The highest BCUT2D eigenvalue weighted by atomic mass is 32.2. The summed E-state index contributed by atoms with van der Waals surface area (Å²) >= 11 is 0. The largest absolute Gasteiger partial charge is 0.342 e. The maximum atomic E-state index is 12.9. The van der Waals surface area contributed by atoms with Gasteiger partial charge in [0.15, 0.2) is 0 Å². The number of carbonyl (C=O) groups excluding carboxylic acids is 2. The minimum atomic E-state index is -3.37. The molecule has 0 aromatic rings. The van der Waals surface area contributed by atoms with Gasteiger partial charge in [0.25, 0.3) is 0 Å². The van der Waals surface area contributed by atoms with Gasteiger partial charge in [0.2, 0.25) is 21.8 Å². The Hall–Kier alpha value is -1.19. The third-order valence-electron chi connectivity index (χ3n) is 5.92. The molecule has 0 aromatic carbocycles. The Morgan fingerprint density at radius 2 is 1.44 bits per heavy atom. The van der Waals surface area contributed by atoms with Crippen LogP contribution in [0.25, 0.3) is 0 Å². The molecule has 3 rings (SSSR count). The second kappa shape index (κ2) is 8.87. The van der Waals surface area contributed by atoms with E-state index in [0.717, 1.165) is 38.8 Å². The maximum Gasteiger partial charge on any atom is 0.241 e. The molecule has 154 valence electrons. The number of piperidine rings is 2. The Morgan fingerprint density at radius 1 is 0.815 bits per heavy atom. The predicted octanol–water partition coefficient (Wildman–Crippen LogP) is -0.0428. The third-order valence-corrected chi connectivity index (χ3v) is 7.21. The van der Waals surface area contributed by atoms with Crippen molar-refractivity contribution in [1.29, 1.82) is 0 Å². The van der Waals surface area contributed by atoms with E-state index in [-0.39, 0.29) is 11.8 Å². The summed E-state index contributed by atoms with van der Waals surface area (Å²) in [4.78, 5) is 31.2. The zero-order chi connectivity index (χ0) is 19.4. The number of hydrogen-bond donors (Lipinski definition) is 0. The van der Waals surface area contributed by atoms with Gasteiger partial charge < -0.3 is 9.80 Å². The second-order valence-electron chi connectivity index (χ2n) is 7.93. The highest BCUT2D eigenvalue weighted by Crippen LogP contribution is 2.22. The summed E-state index contributed by atoms with van der Waals surface area (Å²) < 4.78 is 25.4. The van der Waals surface area contributed by atoms with Crippen LogP contribution in [-0.2, 0) is 19.6 Å². The van der Waals surface area contributed by atoms with E-state index in [1.165, 1.54) is 17.0 Å². The summed E-state index contributed by atoms with van der Waals surface area (Å²) in [5.74, 6) is 0.104. The Morgan fingerprint density at radius 3 is 2.07 bits per heavy atom. The van der Waals surface area contributed by atoms with E-state index in [9.17, 15) is 18.0 Å². The van der Waals surface area contributed by atoms with Crippen LogP contribution in [0, 0.1) is 0 Å². The number of piperazine rings is 1. The van der Waals surface area contributed by atoms with Crippen LogP contribution in [0.5, 0.6) is 0 Å². The van der Waals surface area contributed by atoms with Gasteiger partial charge in [-0.2, -0.15) is 4.31 Å². The summed E-state index contributed by atoms with van der Waals surface area (Å²) in [6.45, 7) is 5.01. The lowest BCUT2D eigenvalue weighted by Gasteiger charge is -2.40. The highest BCUT2D eigenvalue weighted by Gasteiger charge is 2.37. The van der Waals surface area contributed by atoms with Crippen molar-refractivity contribution in [1.82, 2.24) is 19.0 Å². The van der Waals surface area contributed by atoms with Gasteiger partial charge in [-0.3, -0.25) is 14.5 Å². The van der Waals surface area contributed by atoms with E-state index < -0.39 is 16.1 Å². The normalized spacial score (nSPS) is 26.2. The van der Waals surface area contributed by atoms with Crippen molar-refractivity contribution in [3.8, 4) is 0 Å². The molecule has 3 saturated heterocycles. The molecule has 9 heteroatoms. The first-order valence-corrected chi connectivity index (χ1v) is 12.0. The van der Waals surface area contributed by atoms with E-state index in [0.29, 0.717) is 45.7 Å². The standard InChI is InChI=1S/C18H32N4O4S/c1-27(25,26)22-10-6-3-7-16(22)18(24)21-13-11-19(12-14-21)15-17(23)20-8-4-2-5-9-20/h16H,2-15H2,1H3. The molecule has 0 saturated carbocycles. The van der Waals surface area contributed by atoms with Crippen molar-refractivity contribution in [2.45, 2.75) is 44.6 Å². The van der Waals surface area contributed by atoms with Crippen LogP contribution in [0.2, 0.25) is 0 Å². The van der Waals surface area contributed by atoms with Crippen LogP contribution in [0.1, 0.15) is 38.5 Å². The molecule has 8 nitrogen and oxygen atoms in total. The highest BCUT2D eigenvalue weighted by molar-refractivity contribution is 7.88. The fourth-order valence-electron chi connectivity index (χ4n) is 4.32. The Labute approximate surface area is 162 Å². The smallest absolute Gasteiger partial charge is 0.241 e. The van der Waals surface area contributed by atoms with Gasteiger partial charge in [-0.05, 0) is 32.1 Å². The lowest BCUT2D eigenvalue weighted by molar-refractivity contribution is -0.139.